The van der Waals surface area contributed by atoms with Crippen LogP contribution in [-0.4, -0.2) is 18.7 Å². The molecule has 0 saturated carbocycles. The van der Waals surface area contributed by atoms with Crippen LogP contribution < -0.4 is 10.2 Å². The van der Waals surface area contributed by atoms with Crippen molar-refractivity contribution < 1.29 is 9.53 Å². The molecule has 4 nitrogen and oxygen atoms in total. The lowest BCUT2D eigenvalue weighted by Crippen LogP contribution is -2.24. The third-order valence-electron chi connectivity index (χ3n) is 3.51. The number of amides is 1. The minimum Gasteiger partial charge on any atom is -0.483 e. The van der Waals surface area contributed by atoms with Crippen LogP contribution in [0.25, 0.3) is 0 Å². The molecule has 0 unspecified atom stereocenters. The van der Waals surface area contributed by atoms with Crippen molar-refractivity contribution >= 4 is 51.3 Å². The second kappa shape index (κ2) is 8.89. The highest BCUT2D eigenvalue weighted by molar-refractivity contribution is 9.10. The SMILES string of the molecule is CC(C)(C)c1ccc(OCC(=O)N/N=C\c2ccc(Cl)cc2Cl)c(Br)c1. The Morgan fingerprint density at radius 2 is 1.96 bits per heavy atom. The topological polar surface area (TPSA) is 50.7 Å². The van der Waals surface area contributed by atoms with Gasteiger partial charge in [0.2, 0.25) is 0 Å². The van der Waals surface area contributed by atoms with Crippen LogP contribution >= 0.6 is 39.1 Å². The lowest BCUT2D eigenvalue weighted by molar-refractivity contribution is -0.123. The fourth-order valence-electron chi connectivity index (χ4n) is 2.04. The largest absolute Gasteiger partial charge is 0.483 e. The van der Waals surface area contributed by atoms with Crippen molar-refractivity contribution in [1.29, 1.82) is 0 Å². The molecule has 2 aromatic rings. The van der Waals surface area contributed by atoms with E-state index < -0.39 is 0 Å². The van der Waals surface area contributed by atoms with Crippen molar-refractivity contribution in [2.45, 2.75) is 26.2 Å². The number of hydrazone groups is 1. The Balaban J connectivity index is 1.90. The van der Waals surface area contributed by atoms with Crippen molar-refractivity contribution in [3.8, 4) is 5.75 Å². The summed E-state index contributed by atoms with van der Waals surface area (Å²) in [6, 6.07) is 10.8. The number of carbonyl (C=O) groups excluding carboxylic acids is 1. The summed E-state index contributed by atoms with van der Waals surface area (Å²) < 4.78 is 6.33. The summed E-state index contributed by atoms with van der Waals surface area (Å²) in [6.45, 7) is 6.24. The average Bonchev–Trinajstić information content (AvgIpc) is 2.55. The Kier molecular flexibility index (Phi) is 7.09. The molecular weight excluding hydrogens is 439 g/mol. The Hall–Kier alpha value is -1.56. The van der Waals surface area contributed by atoms with Gasteiger partial charge in [0.05, 0.1) is 15.7 Å². The van der Waals surface area contributed by atoms with Crippen LogP contribution in [0.2, 0.25) is 10.0 Å². The minimum atomic E-state index is -0.377. The summed E-state index contributed by atoms with van der Waals surface area (Å²) in [4.78, 5) is 11.9. The van der Waals surface area contributed by atoms with E-state index in [0.717, 1.165) is 4.47 Å². The van der Waals surface area contributed by atoms with Gasteiger partial charge in [-0.2, -0.15) is 5.10 Å². The molecule has 26 heavy (non-hydrogen) atoms. The molecule has 0 atom stereocenters. The van der Waals surface area contributed by atoms with Crippen LogP contribution in [0.1, 0.15) is 31.9 Å². The molecule has 0 spiro atoms. The Morgan fingerprint density at radius 1 is 1.23 bits per heavy atom. The molecule has 0 radical (unpaired) electrons. The van der Waals surface area contributed by atoms with Crippen molar-refractivity contribution in [2.75, 3.05) is 6.61 Å². The van der Waals surface area contributed by atoms with Gasteiger partial charge in [-0.05, 0) is 51.2 Å². The fourth-order valence-corrected chi connectivity index (χ4v) is 2.99. The highest BCUT2D eigenvalue weighted by Crippen LogP contribution is 2.31. The lowest BCUT2D eigenvalue weighted by atomic mass is 9.87. The van der Waals surface area contributed by atoms with E-state index >= 15 is 0 Å². The summed E-state index contributed by atoms with van der Waals surface area (Å²) >= 11 is 15.3. The summed E-state index contributed by atoms with van der Waals surface area (Å²) in [5, 5.41) is 4.86. The number of hydrogen-bond acceptors (Lipinski definition) is 3. The van der Waals surface area contributed by atoms with E-state index in [1.165, 1.54) is 11.8 Å². The zero-order chi connectivity index (χ0) is 19.3. The smallest absolute Gasteiger partial charge is 0.277 e. The predicted octanol–water partition coefficient (Wildman–Crippen LogP) is 5.58. The third-order valence-corrected chi connectivity index (χ3v) is 4.69. The van der Waals surface area contributed by atoms with Gasteiger partial charge in [0.1, 0.15) is 5.75 Å². The van der Waals surface area contributed by atoms with Gasteiger partial charge in [0, 0.05) is 10.6 Å². The number of nitrogens with one attached hydrogen (secondary N) is 1. The van der Waals surface area contributed by atoms with E-state index in [4.69, 9.17) is 27.9 Å². The van der Waals surface area contributed by atoms with Crippen LogP contribution in [0.15, 0.2) is 46.0 Å². The van der Waals surface area contributed by atoms with Gasteiger partial charge < -0.3 is 4.74 Å². The number of benzene rings is 2. The van der Waals surface area contributed by atoms with E-state index in [-0.39, 0.29) is 17.9 Å². The van der Waals surface area contributed by atoms with Crippen LogP contribution in [-0.2, 0) is 10.2 Å². The predicted molar refractivity (Wildman–Crippen MR) is 111 cm³/mol. The van der Waals surface area contributed by atoms with Gasteiger partial charge in [-0.1, -0.05) is 56.1 Å². The van der Waals surface area contributed by atoms with Crippen molar-refractivity contribution in [3.05, 3.63) is 62.0 Å². The molecule has 7 heteroatoms. The number of ether oxygens (including phenoxy) is 1. The summed E-state index contributed by atoms with van der Waals surface area (Å²) in [5.74, 6) is 0.219. The van der Waals surface area contributed by atoms with E-state index in [2.05, 4.69) is 47.2 Å². The summed E-state index contributed by atoms with van der Waals surface area (Å²) in [5.41, 5.74) is 4.26. The average molecular weight is 458 g/mol. The van der Waals surface area contributed by atoms with Gasteiger partial charge >= 0.3 is 0 Å². The van der Waals surface area contributed by atoms with Gasteiger partial charge in [-0.3, -0.25) is 4.79 Å². The molecule has 0 fully saturated rings. The number of carbonyl (C=O) groups is 1. The van der Waals surface area contributed by atoms with Crippen molar-refractivity contribution in [2.24, 2.45) is 5.10 Å². The molecule has 2 rings (SSSR count). The molecule has 1 amide bonds. The Labute approximate surface area is 171 Å². The number of nitrogens with zero attached hydrogens (tertiary/aromatic N) is 1. The first-order valence-corrected chi connectivity index (χ1v) is 9.41. The van der Waals surface area contributed by atoms with E-state index in [9.17, 15) is 4.79 Å². The van der Waals surface area contributed by atoms with Gasteiger partial charge in [0.25, 0.3) is 5.91 Å². The maximum absolute atomic E-state index is 11.9. The lowest BCUT2D eigenvalue weighted by Gasteiger charge is -2.20. The second-order valence-corrected chi connectivity index (χ2v) is 8.34. The van der Waals surface area contributed by atoms with Crippen molar-refractivity contribution in [1.82, 2.24) is 5.43 Å². The molecule has 2 aromatic carbocycles. The van der Waals surface area contributed by atoms with E-state index in [0.29, 0.717) is 21.4 Å². The van der Waals surface area contributed by atoms with Gasteiger partial charge in [-0.25, -0.2) is 5.43 Å². The van der Waals surface area contributed by atoms with Gasteiger partial charge in [0.15, 0.2) is 6.61 Å². The van der Waals surface area contributed by atoms with Crippen LogP contribution in [0.5, 0.6) is 5.75 Å². The van der Waals surface area contributed by atoms with E-state index in [1.807, 2.05) is 18.2 Å². The summed E-state index contributed by atoms with van der Waals surface area (Å²) in [7, 11) is 0. The van der Waals surface area contributed by atoms with Gasteiger partial charge in [-0.15, -0.1) is 0 Å². The first-order chi connectivity index (χ1) is 12.2. The highest BCUT2D eigenvalue weighted by Gasteiger charge is 2.15. The molecule has 138 valence electrons. The fraction of sp³-hybridized carbons (Fsp3) is 0.263. The molecule has 0 saturated heterocycles. The number of hydrogen-bond donors (Lipinski definition) is 1. The molecule has 0 aromatic heterocycles. The molecule has 0 aliphatic carbocycles. The number of halogens is 3. The molecular formula is C19H19BrCl2N2O2. The highest BCUT2D eigenvalue weighted by atomic mass is 79.9. The van der Waals surface area contributed by atoms with Crippen LogP contribution in [0.3, 0.4) is 0 Å². The first-order valence-electron chi connectivity index (χ1n) is 7.86. The quantitative estimate of drug-likeness (QED) is 0.470. The zero-order valence-corrected chi connectivity index (χ0v) is 17.7. The molecule has 0 heterocycles. The standard InChI is InChI=1S/C19H19BrCl2N2O2/c1-19(2,3)13-5-7-17(15(20)8-13)26-11-18(25)24-23-10-12-4-6-14(21)9-16(12)22/h4-10H,11H2,1-3H3,(H,24,25)/b23-10-. The van der Waals surface area contributed by atoms with Crippen LogP contribution in [0.4, 0.5) is 0 Å². The Bertz CT molecular complexity index is 833. The summed E-state index contributed by atoms with van der Waals surface area (Å²) in [6.07, 6.45) is 1.45. The zero-order valence-electron chi connectivity index (χ0n) is 14.6. The second-order valence-electron chi connectivity index (χ2n) is 6.64. The maximum Gasteiger partial charge on any atom is 0.277 e. The Morgan fingerprint density at radius 3 is 2.58 bits per heavy atom. The van der Waals surface area contributed by atoms with Crippen molar-refractivity contribution in [3.63, 3.8) is 0 Å². The van der Waals surface area contributed by atoms with Crippen LogP contribution in [0, 0.1) is 0 Å². The minimum absolute atomic E-state index is 0.0378. The van der Waals surface area contributed by atoms with E-state index in [1.54, 1.807) is 18.2 Å². The number of rotatable bonds is 5. The monoisotopic (exact) mass is 456 g/mol. The maximum atomic E-state index is 11.9. The first kappa shape index (κ1) is 20.7. The normalized spacial score (nSPS) is 11.6. The third kappa shape index (κ3) is 6.01. The molecule has 0 aliphatic heterocycles. The molecule has 0 bridgehead atoms. The molecule has 0 aliphatic rings. The molecule has 1 N–H and O–H groups in total.